The molecule has 0 aliphatic rings. The van der Waals surface area contributed by atoms with Crippen LogP contribution in [0, 0.1) is 0 Å². The van der Waals surface area contributed by atoms with Crippen LogP contribution in [0.15, 0.2) is 30.3 Å². The number of ether oxygens (including phenoxy) is 2. The third-order valence-corrected chi connectivity index (χ3v) is 8.01. The molecular formula is C25H40NO8Si-. The van der Waals surface area contributed by atoms with E-state index < -0.39 is 20.9 Å². The minimum absolute atomic E-state index is 0.378. The van der Waals surface area contributed by atoms with Crippen LogP contribution in [0.1, 0.15) is 58.4 Å². The van der Waals surface area contributed by atoms with Crippen molar-refractivity contribution >= 4 is 26.9 Å². The van der Waals surface area contributed by atoms with Crippen molar-refractivity contribution in [2.24, 2.45) is 0 Å². The van der Waals surface area contributed by atoms with Crippen molar-refractivity contribution in [2.75, 3.05) is 39.6 Å². The largest absolute Gasteiger partial charge is 0.545 e. The van der Waals surface area contributed by atoms with E-state index in [1.807, 2.05) is 20.8 Å². The molecule has 10 heteroatoms. The summed E-state index contributed by atoms with van der Waals surface area (Å²) in [5.74, 6) is -0.489. The highest BCUT2D eigenvalue weighted by Gasteiger charge is 2.39. The molecule has 0 aliphatic carbocycles. The first-order valence-corrected chi connectivity index (χ1v) is 14.3. The number of benzene rings is 1. The lowest BCUT2D eigenvalue weighted by atomic mass is 10.2. The molecular weight excluding hydrogens is 470 g/mol. The van der Waals surface area contributed by atoms with E-state index in [1.54, 1.807) is 24.3 Å². The van der Waals surface area contributed by atoms with Gasteiger partial charge in [-0.15, -0.1) is 0 Å². The second-order valence-electron chi connectivity index (χ2n) is 7.63. The number of hydrogen-bond acceptors (Lipinski definition) is 8. The number of carbonyl (C=O) groups is 2. The first-order valence-electron chi connectivity index (χ1n) is 12.4. The van der Waals surface area contributed by atoms with Gasteiger partial charge in [-0.2, -0.15) is 0 Å². The Balaban J connectivity index is 2.08. The average molecular weight is 511 g/mol. The van der Waals surface area contributed by atoms with Crippen LogP contribution in [0.5, 0.6) is 5.75 Å². The van der Waals surface area contributed by atoms with E-state index in [4.69, 9.17) is 22.8 Å². The number of hydrogen-bond donors (Lipinski definition) is 1. The molecule has 0 bridgehead atoms. The number of nitrogens with one attached hydrogen (secondary N) is 1. The number of unbranched alkanes of at least 4 members (excludes halogenated alkanes) is 3. The van der Waals surface area contributed by atoms with E-state index in [9.17, 15) is 14.7 Å². The van der Waals surface area contributed by atoms with Crippen molar-refractivity contribution in [3.8, 4) is 5.75 Å². The molecule has 0 aliphatic heterocycles. The molecule has 1 aromatic rings. The molecule has 1 N–H and O–H groups in total. The second kappa shape index (κ2) is 18.9. The third-order valence-electron chi connectivity index (χ3n) is 4.85. The van der Waals surface area contributed by atoms with Gasteiger partial charge >= 0.3 is 14.9 Å². The fourth-order valence-corrected chi connectivity index (χ4v) is 5.91. The number of carboxylic acid groups (broad SMARTS) is 1. The van der Waals surface area contributed by atoms with E-state index in [-0.39, 0.29) is 0 Å². The van der Waals surface area contributed by atoms with E-state index >= 15 is 0 Å². The molecule has 0 unspecified atom stereocenters. The Morgan fingerprint density at radius 2 is 1.49 bits per heavy atom. The number of carbonyl (C=O) groups excluding carboxylic acids is 2. The zero-order valence-electron chi connectivity index (χ0n) is 21.2. The van der Waals surface area contributed by atoms with E-state index in [1.165, 1.54) is 6.08 Å². The Hall–Kier alpha value is -2.40. The quantitative estimate of drug-likeness (QED) is 0.161. The number of aliphatic carboxylic acids is 1. The number of alkyl carbamates (subject to hydrolysis) is 1. The summed E-state index contributed by atoms with van der Waals surface area (Å²) in [6.07, 6.45) is 6.34. The highest BCUT2D eigenvalue weighted by atomic mass is 28.4. The topological polar surface area (TPSA) is 115 Å². The van der Waals surface area contributed by atoms with Crippen LogP contribution < -0.4 is 15.2 Å². The summed E-state index contributed by atoms with van der Waals surface area (Å²) in [4.78, 5) is 22.3. The molecule has 9 nitrogen and oxygen atoms in total. The fraction of sp³-hybridized carbons (Fsp3) is 0.600. The lowest BCUT2D eigenvalue weighted by Gasteiger charge is -2.28. The number of rotatable bonds is 20. The summed E-state index contributed by atoms with van der Waals surface area (Å²) in [5.41, 5.74) is 0.766. The normalized spacial score (nSPS) is 11.5. The van der Waals surface area contributed by atoms with Gasteiger partial charge in [-0.05, 0) is 76.6 Å². The molecule has 1 amide bonds. The molecule has 1 aromatic carbocycles. The monoisotopic (exact) mass is 510 g/mol. The molecule has 198 valence electrons. The number of carboxylic acids is 1. The smallest absolute Gasteiger partial charge is 0.500 e. The SMILES string of the molecule is CCO[Si](CCCNC(=O)OCCCCCCOc1ccc(/C=C/C(=O)[O-])cc1)(OCC)OCC. The van der Waals surface area contributed by atoms with Crippen LogP contribution in [-0.4, -0.2) is 60.4 Å². The maximum absolute atomic E-state index is 11.9. The van der Waals surface area contributed by atoms with Crippen molar-refractivity contribution in [1.82, 2.24) is 5.32 Å². The van der Waals surface area contributed by atoms with Gasteiger partial charge in [-0.3, -0.25) is 0 Å². The zero-order chi connectivity index (χ0) is 25.8. The highest BCUT2D eigenvalue weighted by molar-refractivity contribution is 6.60. The van der Waals surface area contributed by atoms with Crippen LogP contribution in [0.2, 0.25) is 6.04 Å². The first kappa shape index (κ1) is 30.6. The van der Waals surface area contributed by atoms with E-state index in [0.29, 0.717) is 52.0 Å². The number of amides is 1. The van der Waals surface area contributed by atoms with Crippen LogP contribution in [0.4, 0.5) is 4.79 Å². The van der Waals surface area contributed by atoms with Crippen molar-refractivity contribution in [3.63, 3.8) is 0 Å². The van der Waals surface area contributed by atoms with Crippen LogP contribution in [-0.2, 0) is 22.8 Å². The van der Waals surface area contributed by atoms with Crippen LogP contribution >= 0.6 is 0 Å². The Kier molecular flexibility index (Phi) is 16.5. The van der Waals surface area contributed by atoms with Gasteiger partial charge in [0.2, 0.25) is 0 Å². The van der Waals surface area contributed by atoms with Gasteiger partial charge < -0.3 is 38.0 Å². The van der Waals surface area contributed by atoms with Gasteiger partial charge in [0, 0.05) is 32.4 Å². The Labute approximate surface area is 210 Å². The summed E-state index contributed by atoms with van der Waals surface area (Å²) in [7, 11) is -2.67. The van der Waals surface area contributed by atoms with Gasteiger partial charge in [0.15, 0.2) is 0 Å². The Bertz CT molecular complexity index is 724. The van der Waals surface area contributed by atoms with Crippen molar-refractivity contribution in [1.29, 1.82) is 0 Å². The van der Waals surface area contributed by atoms with Crippen molar-refractivity contribution in [3.05, 3.63) is 35.9 Å². The lowest BCUT2D eigenvalue weighted by molar-refractivity contribution is -0.297. The maximum atomic E-state index is 11.9. The summed E-state index contributed by atoms with van der Waals surface area (Å²) >= 11 is 0. The summed E-state index contributed by atoms with van der Waals surface area (Å²) in [5, 5.41) is 13.2. The third kappa shape index (κ3) is 14.6. The van der Waals surface area contributed by atoms with E-state index in [0.717, 1.165) is 43.1 Å². The van der Waals surface area contributed by atoms with Crippen LogP contribution in [0.3, 0.4) is 0 Å². The predicted molar refractivity (Wildman–Crippen MR) is 134 cm³/mol. The summed E-state index contributed by atoms with van der Waals surface area (Å²) < 4.78 is 28.3. The van der Waals surface area contributed by atoms with E-state index in [2.05, 4.69) is 5.32 Å². The van der Waals surface area contributed by atoms with Crippen molar-refractivity contribution in [2.45, 2.75) is 58.9 Å². The van der Waals surface area contributed by atoms with Crippen molar-refractivity contribution < 1.29 is 37.4 Å². The predicted octanol–water partition coefficient (Wildman–Crippen LogP) is 3.55. The molecule has 0 atom stereocenters. The zero-order valence-corrected chi connectivity index (χ0v) is 22.2. The average Bonchev–Trinajstić information content (AvgIpc) is 2.83. The molecule has 0 fully saturated rings. The molecule has 0 saturated heterocycles. The van der Waals surface area contributed by atoms with Gasteiger partial charge in [0.05, 0.1) is 19.2 Å². The standard InChI is InChI=1S/C25H41NO8Si/c1-4-32-35(33-5-2,34-6-3)21-11-18-26-25(29)31-20-10-8-7-9-19-30-23-15-12-22(13-16-23)14-17-24(27)28/h12-17H,4-11,18-21H2,1-3H3,(H,26,29)(H,27,28)/p-1/b17-14+. The van der Waals surface area contributed by atoms with Gasteiger partial charge in [0.25, 0.3) is 0 Å². The Morgan fingerprint density at radius 1 is 0.886 bits per heavy atom. The molecule has 1 rings (SSSR count). The lowest BCUT2D eigenvalue weighted by Crippen LogP contribution is -2.46. The second-order valence-corrected chi connectivity index (χ2v) is 10.4. The maximum Gasteiger partial charge on any atom is 0.500 e. The highest BCUT2D eigenvalue weighted by Crippen LogP contribution is 2.18. The molecule has 0 spiro atoms. The molecule has 0 saturated carbocycles. The summed E-state index contributed by atoms with van der Waals surface area (Å²) in [6.45, 7) is 8.81. The minimum Gasteiger partial charge on any atom is -0.545 e. The van der Waals surface area contributed by atoms with Gasteiger partial charge in [-0.1, -0.05) is 18.2 Å². The van der Waals surface area contributed by atoms with Gasteiger partial charge in [0.1, 0.15) is 5.75 Å². The summed E-state index contributed by atoms with van der Waals surface area (Å²) in [6, 6.07) is 7.81. The van der Waals surface area contributed by atoms with Gasteiger partial charge in [-0.25, -0.2) is 4.79 Å². The molecule has 35 heavy (non-hydrogen) atoms. The Morgan fingerprint density at radius 3 is 2.06 bits per heavy atom. The molecule has 0 heterocycles. The minimum atomic E-state index is -2.67. The molecule has 0 aromatic heterocycles. The fourth-order valence-electron chi connectivity index (χ4n) is 3.30. The van der Waals surface area contributed by atoms with Crippen LogP contribution in [0.25, 0.3) is 6.08 Å². The molecule has 0 radical (unpaired) electrons. The first-order chi connectivity index (χ1) is 16.9.